The Morgan fingerprint density at radius 3 is 2.96 bits per heavy atom. The zero-order valence-corrected chi connectivity index (χ0v) is 16.4. The minimum absolute atomic E-state index is 0.281. The summed E-state index contributed by atoms with van der Waals surface area (Å²) in [5, 5.41) is 6.73. The van der Waals surface area contributed by atoms with Crippen LogP contribution in [-0.4, -0.2) is 56.5 Å². The van der Waals surface area contributed by atoms with E-state index in [2.05, 4.69) is 42.5 Å². The van der Waals surface area contributed by atoms with Gasteiger partial charge in [0.05, 0.1) is 12.7 Å². The summed E-state index contributed by atoms with van der Waals surface area (Å²) >= 11 is 0. The number of aromatic nitrogens is 1. The highest BCUT2D eigenvalue weighted by Gasteiger charge is 2.16. The van der Waals surface area contributed by atoms with Crippen molar-refractivity contribution < 1.29 is 9.47 Å². The summed E-state index contributed by atoms with van der Waals surface area (Å²) in [7, 11) is 0. The quantitative estimate of drug-likeness (QED) is 0.380. The molecule has 26 heavy (non-hydrogen) atoms. The third-order valence-corrected chi connectivity index (χ3v) is 4.56. The van der Waals surface area contributed by atoms with E-state index in [4.69, 9.17) is 14.5 Å². The minimum Gasteiger partial charge on any atom is -0.379 e. The molecule has 1 aromatic heterocycles. The van der Waals surface area contributed by atoms with Crippen LogP contribution in [0.5, 0.6) is 0 Å². The Labute approximate surface area is 157 Å². The van der Waals surface area contributed by atoms with Gasteiger partial charge < -0.3 is 20.1 Å². The summed E-state index contributed by atoms with van der Waals surface area (Å²) in [6.45, 7) is 11.3. The fourth-order valence-electron chi connectivity index (χ4n) is 3.00. The number of ether oxygens (including phenoxy) is 2. The van der Waals surface area contributed by atoms with Gasteiger partial charge in [-0.2, -0.15) is 0 Å². The van der Waals surface area contributed by atoms with Crippen LogP contribution in [0.2, 0.25) is 0 Å². The number of aliphatic imine (C=N–C) groups is 1. The second-order valence-corrected chi connectivity index (χ2v) is 6.99. The fourth-order valence-corrected chi connectivity index (χ4v) is 3.00. The van der Waals surface area contributed by atoms with Crippen molar-refractivity contribution >= 4 is 5.96 Å². The van der Waals surface area contributed by atoms with Gasteiger partial charge in [0, 0.05) is 51.2 Å². The molecular formula is C20H34N4O2. The van der Waals surface area contributed by atoms with E-state index in [1.807, 2.05) is 18.5 Å². The van der Waals surface area contributed by atoms with E-state index < -0.39 is 0 Å². The molecule has 0 aliphatic carbocycles. The van der Waals surface area contributed by atoms with E-state index in [1.54, 1.807) is 0 Å². The lowest BCUT2D eigenvalue weighted by molar-refractivity contribution is 0.0420. The average Bonchev–Trinajstić information content (AvgIpc) is 3.15. The highest BCUT2D eigenvalue weighted by atomic mass is 16.5. The first-order chi connectivity index (χ1) is 12.7. The van der Waals surface area contributed by atoms with Gasteiger partial charge in [0.25, 0.3) is 0 Å². The summed E-state index contributed by atoms with van der Waals surface area (Å²) in [5.41, 5.74) is 1.24. The normalized spacial score (nSPS) is 18.9. The SMILES string of the molecule is CCNC(=NCC(c1cccnc1)C(C)C)NCCCOC1CCOC1. The number of hydrogen-bond donors (Lipinski definition) is 2. The summed E-state index contributed by atoms with van der Waals surface area (Å²) < 4.78 is 11.1. The van der Waals surface area contributed by atoms with E-state index in [1.165, 1.54) is 5.56 Å². The van der Waals surface area contributed by atoms with Gasteiger partial charge in [0.15, 0.2) is 5.96 Å². The van der Waals surface area contributed by atoms with Crippen molar-refractivity contribution in [2.24, 2.45) is 10.9 Å². The van der Waals surface area contributed by atoms with Gasteiger partial charge in [0.1, 0.15) is 0 Å². The predicted octanol–water partition coefficient (Wildman–Crippen LogP) is 2.57. The molecule has 1 aliphatic heterocycles. The molecular weight excluding hydrogens is 328 g/mol. The van der Waals surface area contributed by atoms with Crippen molar-refractivity contribution in [2.75, 3.05) is 39.5 Å². The maximum Gasteiger partial charge on any atom is 0.191 e. The van der Waals surface area contributed by atoms with Crippen LogP contribution >= 0.6 is 0 Å². The third kappa shape index (κ3) is 7.30. The second-order valence-electron chi connectivity index (χ2n) is 6.99. The molecule has 146 valence electrons. The Morgan fingerprint density at radius 1 is 1.42 bits per heavy atom. The van der Waals surface area contributed by atoms with Gasteiger partial charge >= 0.3 is 0 Å². The highest BCUT2D eigenvalue weighted by Crippen LogP contribution is 2.23. The van der Waals surface area contributed by atoms with Gasteiger partial charge in [0.2, 0.25) is 0 Å². The first-order valence-electron chi connectivity index (χ1n) is 9.82. The molecule has 1 aromatic rings. The van der Waals surface area contributed by atoms with Gasteiger partial charge in [-0.3, -0.25) is 9.98 Å². The standard InChI is InChI=1S/C20H34N4O2/c1-4-22-20(23-10-6-11-26-18-8-12-25-15-18)24-14-19(16(2)3)17-7-5-9-21-13-17/h5,7,9,13,16,18-19H,4,6,8,10-12,14-15H2,1-3H3,(H2,22,23,24). The van der Waals surface area contributed by atoms with Crippen molar-refractivity contribution in [3.8, 4) is 0 Å². The lowest BCUT2D eigenvalue weighted by atomic mass is 9.89. The molecule has 0 saturated carbocycles. The Hall–Kier alpha value is -1.66. The molecule has 1 aliphatic rings. The molecule has 6 nitrogen and oxygen atoms in total. The molecule has 0 aromatic carbocycles. The Kier molecular flexibility index (Phi) is 9.42. The largest absolute Gasteiger partial charge is 0.379 e. The monoisotopic (exact) mass is 362 g/mol. The highest BCUT2D eigenvalue weighted by molar-refractivity contribution is 5.79. The molecule has 0 bridgehead atoms. The fraction of sp³-hybridized carbons (Fsp3) is 0.700. The van der Waals surface area contributed by atoms with Gasteiger partial charge in [-0.25, -0.2) is 0 Å². The van der Waals surface area contributed by atoms with E-state index in [9.17, 15) is 0 Å². The summed E-state index contributed by atoms with van der Waals surface area (Å²) in [5.74, 6) is 1.74. The summed E-state index contributed by atoms with van der Waals surface area (Å²) in [6, 6.07) is 4.13. The predicted molar refractivity (Wildman–Crippen MR) is 106 cm³/mol. The second kappa shape index (κ2) is 11.9. The van der Waals surface area contributed by atoms with Crippen molar-refractivity contribution in [3.05, 3.63) is 30.1 Å². The molecule has 2 heterocycles. The zero-order chi connectivity index (χ0) is 18.6. The smallest absolute Gasteiger partial charge is 0.191 e. The number of guanidine groups is 1. The third-order valence-electron chi connectivity index (χ3n) is 4.56. The van der Waals surface area contributed by atoms with Crippen LogP contribution < -0.4 is 10.6 Å². The van der Waals surface area contributed by atoms with Crippen LogP contribution in [-0.2, 0) is 9.47 Å². The van der Waals surface area contributed by atoms with Gasteiger partial charge in [-0.05, 0) is 37.3 Å². The van der Waals surface area contributed by atoms with Crippen molar-refractivity contribution in [2.45, 2.75) is 45.6 Å². The van der Waals surface area contributed by atoms with Gasteiger partial charge in [-0.15, -0.1) is 0 Å². The lowest BCUT2D eigenvalue weighted by Gasteiger charge is -2.20. The van der Waals surface area contributed by atoms with Crippen molar-refractivity contribution in [3.63, 3.8) is 0 Å². The number of nitrogens with zero attached hydrogens (tertiary/aromatic N) is 2. The van der Waals surface area contributed by atoms with Crippen molar-refractivity contribution in [1.82, 2.24) is 15.6 Å². The number of rotatable bonds is 10. The molecule has 2 rings (SSSR count). The van der Waals surface area contributed by atoms with Crippen LogP contribution in [0.25, 0.3) is 0 Å². The van der Waals surface area contributed by atoms with Crippen LogP contribution in [0.15, 0.2) is 29.5 Å². The molecule has 6 heteroatoms. The molecule has 0 radical (unpaired) electrons. The Balaban J connectivity index is 1.78. The van der Waals surface area contributed by atoms with E-state index in [-0.39, 0.29) is 6.10 Å². The number of hydrogen-bond acceptors (Lipinski definition) is 4. The van der Waals surface area contributed by atoms with Crippen LogP contribution in [0.1, 0.15) is 45.1 Å². The topological polar surface area (TPSA) is 67.8 Å². The van der Waals surface area contributed by atoms with Crippen LogP contribution in [0.4, 0.5) is 0 Å². The molecule has 2 unspecified atom stereocenters. The summed E-state index contributed by atoms with van der Waals surface area (Å²) in [6.07, 6.45) is 6.02. The van der Waals surface area contributed by atoms with Gasteiger partial charge in [-0.1, -0.05) is 19.9 Å². The molecule has 0 amide bonds. The molecule has 1 saturated heterocycles. The lowest BCUT2D eigenvalue weighted by Crippen LogP contribution is -2.38. The number of nitrogens with one attached hydrogen (secondary N) is 2. The van der Waals surface area contributed by atoms with Crippen LogP contribution in [0, 0.1) is 5.92 Å². The molecule has 1 fully saturated rings. The van der Waals surface area contributed by atoms with Crippen molar-refractivity contribution in [1.29, 1.82) is 0 Å². The Bertz CT molecular complexity index is 516. The van der Waals surface area contributed by atoms with Crippen LogP contribution in [0.3, 0.4) is 0 Å². The summed E-state index contributed by atoms with van der Waals surface area (Å²) in [4.78, 5) is 9.04. The van der Waals surface area contributed by atoms with E-state index in [0.717, 1.165) is 58.3 Å². The first kappa shape index (κ1) is 20.6. The molecule has 2 atom stereocenters. The molecule has 0 spiro atoms. The van der Waals surface area contributed by atoms with E-state index in [0.29, 0.717) is 11.8 Å². The zero-order valence-electron chi connectivity index (χ0n) is 16.4. The average molecular weight is 363 g/mol. The number of pyridine rings is 1. The maximum absolute atomic E-state index is 5.80. The minimum atomic E-state index is 0.281. The maximum atomic E-state index is 5.80. The first-order valence-corrected chi connectivity index (χ1v) is 9.82. The molecule has 2 N–H and O–H groups in total. The Morgan fingerprint density at radius 2 is 2.31 bits per heavy atom. The van der Waals surface area contributed by atoms with E-state index >= 15 is 0 Å².